The van der Waals surface area contributed by atoms with Crippen LogP contribution < -0.4 is 5.32 Å². The second kappa shape index (κ2) is 7.49. The van der Waals surface area contributed by atoms with E-state index in [4.69, 9.17) is 0 Å². The monoisotopic (exact) mass is 247 g/mol. The van der Waals surface area contributed by atoms with Crippen molar-refractivity contribution in [2.45, 2.75) is 26.2 Å². The van der Waals surface area contributed by atoms with Crippen LogP contribution in [0, 0.1) is 5.92 Å². The van der Waals surface area contributed by atoms with Gasteiger partial charge in [0.1, 0.15) is 0 Å². The minimum Gasteiger partial charge on any atom is -0.317 e. The van der Waals surface area contributed by atoms with Gasteiger partial charge in [-0.1, -0.05) is 13.0 Å². The zero-order chi connectivity index (χ0) is 12.6. The highest BCUT2D eigenvalue weighted by molar-refractivity contribution is 5.03. The number of nitrogens with zero attached hydrogens (tertiary/aromatic N) is 2. The molecule has 1 saturated heterocycles. The standard InChI is InChI=1S/C15H25N3/c1-2-18(13-14-6-10-16-11-7-14)12-8-15-5-3-4-9-17-15/h3-5,9,14,16H,2,6-8,10-13H2,1H3. The van der Waals surface area contributed by atoms with E-state index in [0.29, 0.717) is 0 Å². The lowest BCUT2D eigenvalue weighted by atomic mass is 9.97. The van der Waals surface area contributed by atoms with Gasteiger partial charge in [-0.25, -0.2) is 0 Å². The van der Waals surface area contributed by atoms with Gasteiger partial charge in [-0.05, 0) is 50.5 Å². The Morgan fingerprint density at radius 3 is 2.83 bits per heavy atom. The molecular formula is C15H25N3. The highest BCUT2D eigenvalue weighted by Crippen LogP contribution is 2.13. The van der Waals surface area contributed by atoms with Crippen LogP contribution >= 0.6 is 0 Å². The molecule has 0 unspecified atom stereocenters. The van der Waals surface area contributed by atoms with Gasteiger partial charge in [-0.2, -0.15) is 0 Å². The van der Waals surface area contributed by atoms with E-state index in [9.17, 15) is 0 Å². The van der Waals surface area contributed by atoms with Crippen LogP contribution in [-0.4, -0.2) is 42.6 Å². The molecule has 0 aliphatic carbocycles. The predicted molar refractivity (Wildman–Crippen MR) is 75.6 cm³/mol. The van der Waals surface area contributed by atoms with E-state index in [1.54, 1.807) is 0 Å². The van der Waals surface area contributed by atoms with E-state index < -0.39 is 0 Å². The Balaban J connectivity index is 1.74. The van der Waals surface area contributed by atoms with Crippen LogP contribution in [-0.2, 0) is 6.42 Å². The molecule has 0 amide bonds. The smallest absolute Gasteiger partial charge is 0.0416 e. The highest BCUT2D eigenvalue weighted by atomic mass is 15.1. The van der Waals surface area contributed by atoms with Gasteiger partial charge in [0.25, 0.3) is 0 Å². The lowest BCUT2D eigenvalue weighted by Crippen LogP contribution is -2.37. The Bertz CT molecular complexity index is 320. The number of aromatic nitrogens is 1. The van der Waals surface area contributed by atoms with E-state index in [2.05, 4.69) is 34.3 Å². The van der Waals surface area contributed by atoms with Crippen molar-refractivity contribution in [3.05, 3.63) is 30.1 Å². The fourth-order valence-corrected chi connectivity index (χ4v) is 2.63. The summed E-state index contributed by atoms with van der Waals surface area (Å²) in [6.07, 6.45) is 5.62. The lowest BCUT2D eigenvalue weighted by molar-refractivity contribution is 0.215. The summed E-state index contributed by atoms with van der Waals surface area (Å²) in [4.78, 5) is 6.97. The first kappa shape index (κ1) is 13.5. The molecule has 18 heavy (non-hydrogen) atoms. The van der Waals surface area contributed by atoms with E-state index in [-0.39, 0.29) is 0 Å². The molecule has 1 aromatic rings. The minimum atomic E-state index is 0.884. The van der Waals surface area contributed by atoms with Crippen molar-refractivity contribution in [3.63, 3.8) is 0 Å². The lowest BCUT2D eigenvalue weighted by Gasteiger charge is -2.29. The molecule has 0 saturated carbocycles. The van der Waals surface area contributed by atoms with Gasteiger partial charge < -0.3 is 10.2 Å². The molecule has 1 aromatic heterocycles. The second-order valence-electron chi connectivity index (χ2n) is 5.16. The van der Waals surface area contributed by atoms with Gasteiger partial charge in [0.2, 0.25) is 0 Å². The first-order chi connectivity index (χ1) is 8.88. The van der Waals surface area contributed by atoms with E-state index in [0.717, 1.165) is 25.4 Å². The van der Waals surface area contributed by atoms with Crippen LogP contribution in [0.2, 0.25) is 0 Å². The Kier molecular flexibility index (Phi) is 5.62. The highest BCUT2D eigenvalue weighted by Gasteiger charge is 2.15. The fourth-order valence-electron chi connectivity index (χ4n) is 2.63. The molecule has 0 bridgehead atoms. The molecule has 100 valence electrons. The van der Waals surface area contributed by atoms with Crippen LogP contribution in [0.5, 0.6) is 0 Å². The topological polar surface area (TPSA) is 28.2 Å². The maximum atomic E-state index is 4.40. The predicted octanol–water partition coefficient (Wildman–Crippen LogP) is 1.95. The van der Waals surface area contributed by atoms with E-state index in [1.165, 1.54) is 38.2 Å². The van der Waals surface area contributed by atoms with Gasteiger partial charge in [-0.3, -0.25) is 4.98 Å². The largest absolute Gasteiger partial charge is 0.317 e. The molecule has 3 nitrogen and oxygen atoms in total. The quantitative estimate of drug-likeness (QED) is 0.833. The maximum Gasteiger partial charge on any atom is 0.0416 e. The maximum absolute atomic E-state index is 4.40. The van der Waals surface area contributed by atoms with Crippen molar-refractivity contribution in [1.82, 2.24) is 15.2 Å². The average Bonchev–Trinajstić information content (AvgIpc) is 2.45. The molecular weight excluding hydrogens is 222 g/mol. The van der Waals surface area contributed by atoms with Crippen molar-refractivity contribution in [1.29, 1.82) is 0 Å². The number of piperidine rings is 1. The first-order valence-corrected chi connectivity index (χ1v) is 7.21. The van der Waals surface area contributed by atoms with Crippen molar-refractivity contribution < 1.29 is 0 Å². The van der Waals surface area contributed by atoms with Gasteiger partial charge in [-0.15, -0.1) is 0 Å². The molecule has 1 fully saturated rings. The zero-order valence-corrected chi connectivity index (χ0v) is 11.4. The molecule has 1 N–H and O–H groups in total. The number of rotatable bonds is 6. The van der Waals surface area contributed by atoms with Gasteiger partial charge in [0.15, 0.2) is 0 Å². The van der Waals surface area contributed by atoms with Crippen LogP contribution in [0.4, 0.5) is 0 Å². The van der Waals surface area contributed by atoms with E-state index >= 15 is 0 Å². The van der Waals surface area contributed by atoms with Crippen molar-refractivity contribution >= 4 is 0 Å². The molecule has 1 aliphatic rings. The molecule has 0 atom stereocenters. The van der Waals surface area contributed by atoms with Gasteiger partial charge in [0, 0.05) is 31.4 Å². The van der Waals surface area contributed by atoms with Crippen LogP contribution in [0.25, 0.3) is 0 Å². The van der Waals surface area contributed by atoms with Gasteiger partial charge in [0.05, 0.1) is 0 Å². The SMILES string of the molecule is CCN(CCc1ccccn1)CC1CCNCC1. The number of likely N-dealkylation sites (N-methyl/N-ethyl adjacent to an activating group) is 1. The molecule has 1 aliphatic heterocycles. The number of pyridine rings is 1. The van der Waals surface area contributed by atoms with Crippen molar-refractivity contribution in [3.8, 4) is 0 Å². The summed E-state index contributed by atoms with van der Waals surface area (Å²) >= 11 is 0. The normalized spacial score (nSPS) is 17.2. The molecule has 0 radical (unpaired) electrons. The summed E-state index contributed by atoms with van der Waals surface area (Å²) in [6.45, 7) is 8.20. The summed E-state index contributed by atoms with van der Waals surface area (Å²) in [7, 11) is 0. The third-order valence-electron chi connectivity index (χ3n) is 3.83. The third kappa shape index (κ3) is 4.39. The Labute approximate surface area is 111 Å². The number of hydrogen-bond acceptors (Lipinski definition) is 3. The molecule has 2 heterocycles. The number of hydrogen-bond donors (Lipinski definition) is 1. The Hall–Kier alpha value is -0.930. The van der Waals surface area contributed by atoms with Crippen LogP contribution in [0.3, 0.4) is 0 Å². The zero-order valence-electron chi connectivity index (χ0n) is 11.4. The average molecular weight is 247 g/mol. The fraction of sp³-hybridized carbons (Fsp3) is 0.667. The molecule has 3 heteroatoms. The van der Waals surface area contributed by atoms with Crippen molar-refractivity contribution in [2.75, 3.05) is 32.7 Å². The summed E-state index contributed by atoms with van der Waals surface area (Å²) in [6, 6.07) is 6.18. The van der Waals surface area contributed by atoms with Crippen LogP contribution in [0.1, 0.15) is 25.5 Å². The van der Waals surface area contributed by atoms with Gasteiger partial charge >= 0.3 is 0 Å². The first-order valence-electron chi connectivity index (χ1n) is 7.21. The molecule has 0 spiro atoms. The summed E-state index contributed by atoms with van der Waals surface area (Å²) in [5.41, 5.74) is 1.21. The molecule has 2 rings (SSSR count). The Morgan fingerprint density at radius 2 is 2.17 bits per heavy atom. The third-order valence-corrected chi connectivity index (χ3v) is 3.83. The Morgan fingerprint density at radius 1 is 1.33 bits per heavy atom. The van der Waals surface area contributed by atoms with E-state index in [1.807, 2.05) is 12.3 Å². The number of nitrogens with one attached hydrogen (secondary N) is 1. The summed E-state index contributed by atoms with van der Waals surface area (Å²) < 4.78 is 0. The second-order valence-corrected chi connectivity index (χ2v) is 5.16. The minimum absolute atomic E-state index is 0.884. The van der Waals surface area contributed by atoms with Crippen LogP contribution in [0.15, 0.2) is 24.4 Å². The summed E-state index contributed by atoms with van der Waals surface area (Å²) in [5.74, 6) is 0.884. The molecule has 0 aromatic carbocycles. The summed E-state index contributed by atoms with van der Waals surface area (Å²) in [5, 5.41) is 3.44. The van der Waals surface area contributed by atoms with Crippen molar-refractivity contribution in [2.24, 2.45) is 5.92 Å².